The average Bonchev–Trinajstić information content (AvgIpc) is 1.67. The molecule has 3 heteroatoms. The maximum Gasteiger partial charge on any atom is 0.236 e. The molecule has 0 unspecified atom stereocenters. The minimum Gasteiger partial charge on any atom is -0.348 e. The van der Waals surface area contributed by atoms with Crippen molar-refractivity contribution in [3.8, 4) is 0 Å². The van der Waals surface area contributed by atoms with Crippen LogP contribution in [0, 0.1) is 7.05 Å². The third kappa shape index (κ3) is 2.58. The Kier molecular flexibility index (Phi) is 3.19. The highest BCUT2D eigenvalue weighted by atomic mass is 16.2. The fourth-order valence-electron chi connectivity index (χ4n) is 0.265. The van der Waals surface area contributed by atoms with Gasteiger partial charge in [-0.1, -0.05) is 0 Å². The molecule has 0 aromatic heterocycles. The van der Waals surface area contributed by atoms with E-state index in [0.717, 1.165) is 0 Å². The van der Waals surface area contributed by atoms with Crippen molar-refractivity contribution in [2.45, 2.75) is 0 Å². The van der Waals surface area contributed by atoms with Gasteiger partial charge in [0, 0.05) is 21.1 Å². The smallest absolute Gasteiger partial charge is 0.236 e. The van der Waals surface area contributed by atoms with Gasteiger partial charge in [-0.25, -0.2) is 0 Å². The molecular weight excluding hydrogens is 104 g/mol. The van der Waals surface area contributed by atoms with Crippen molar-refractivity contribution < 1.29 is 4.79 Å². The summed E-state index contributed by atoms with van der Waals surface area (Å²) < 4.78 is 0. The Morgan fingerprint density at radius 1 is 1.75 bits per heavy atom. The number of carbonyl (C=O) groups is 1. The summed E-state index contributed by atoms with van der Waals surface area (Å²) in [5.41, 5.74) is 0. The van der Waals surface area contributed by atoms with Crippen LogP contribution in [0.1, 0.15) is 0 Å². The Morgan fingerprint density at radius 3 is 2.38 bits per heavy atom. The Balaban J connectivity index is 3.33. The molecule has 0 rings (SSSR count). The molecular formula is C5H11N2O. The van der Waals surface area contributed by atoms with Crippen molar-refractivity contribution in [1.29, 1.82) is 0 Å². The number of likely N-dealkylation sites (N-methyl/N-ethyl adjacent to an activating group) is 1. The van der Waals surface area contributed by atoms with E-state index in [4.69, 9.17) is 0 Å². The number of rotatable bonds is 2. The highest BCUT2D eigenvalue weighted by Gasteiger charge is 1.98. The van der Waals surface area contributed by atoms with Crippen LogP contribution in [0.4, 0.5) is 0 Å². The molecule has 0 aliphatic heterocycles. The van der Waals surface area contributed by atoms with E-state index in [0.29, 0.717) is 6.54 Å². The van der Waals surface area contributed by atoms with Gasteiger partial charge in [-0.15, -0.1) is 0 Å². The quantitative estimate of drug-likeness (QED) is 0.524. The van der Waals surface area contributed by atoms with Gasteiger partial charge in [0.1, 0.15) is 0 Å². The summed E-state index contributed by atoms with van der Waals surface area (Å²) in [7, 11) is 6.73. The van der Waals surface area contributed by atoms with Crippen LogP contribution in [0.25, 0.3) is 0 Å². The molecule has 3 nitrogen and oxygen atoms in total. The topological polar surface area (TPSA) is 32.3 Å². The van der Waals surface area contributed by atoms with E-state index in [2.05, 4.69) is 12.4 Å². The lowest BCUT2D eigenvalue weighted by Crippen LogP contribution is -2.30. The average molecular weight is 115 g/mol. The molecule has 0 aliphatic rings. The first kappa shape index (κ1) is 7.43. The third-order valence-corrected chi connectivity index (χ3v) is 0.775. The van der Waals surface area contributed by atoms with E-state index in [1.165, 1.54) is 4.90 Å². The lowest BCUT2D eigenvalue weighted by Gasteiger charge is -2.07. The van der Waals surface area contributed by atoms with Gasteiger partial charge >= 0.3 is 0 Å². The van der Waals surface area contributed by atoms with Crippen LogP contribution in [0.15, 0.2) is 0 Å². The molecule has 0 aromatic rings. The van der Waals surface area contributed by atoms with Crippen LogP contribution < -0.4 is 5.32 Å². The fraction of sp³-hybridized carbons (Fsp3) is 0.600. The van der Waals surface area contributed by atoms with E-state index in [1.54, 1.807) is 14.1 Å². The van der Waals surface area contributed by atoms with Crippen LogP contribution >= 0.6 is 0 Å². The zero-order valence-corrected chi connectivity index (χ0v) is 5.27. The van der Waals surface area contributed by atoms with Crippen molar-refractivity contribution in [3.05, 3.63) is 7.05 Å². The van der Waals surface area contributed by atoms with Crippen LogP contribution in [0.5, 0.6) is 0 Å². The van der Waals surface area contributed by atoms with E-state index < -0.39 is 0 Å². The second-order valence-electron chi connectivity index (χ2n) is 1.71. The van der Waals surface area contributed by atoms with E-state index in [1.807, 2.05) is 0 Å². The maximum atomic E-state index is 10.6. The molecule has 0 saturated carbocycles. The molecule has 47 valence electrons. The summed E-state index contributed by atoms with van der Waals surface area (Å²) in [5, 5.41) is 2.51. The first-order valence-electron chi connectivity index (χ1n) is 2.38. The predicted molar refractivity (Wildman–Crippen MR) is 32.1 cm³/mol. The van der Waals surface area contributed by atoms with E-state index in [-0.39, 0.29) is 5.91 Å². The van der Waals surface area contributed by atoms with Gasteiger partial charge in [0.2, 0.25) is 5.91 Å². The summed E-state index contributed by atoms with van der Waals surface area (Å²) in [4.78, 5) is 12.1. The van der Waals surface area contributed by atoms with Crippen LogP contribution in [-0.4, -0.2) is 31.4 Å². The molecule has 0 fully saturated rings. The highest BCUT2D eigenvalue weighted by Crippen LogP contribution is 1.72. The van der Waals surface area contributed by atoms with E-state index >= 15 is 0 Å². The lowest BCUT2D eigenvalue weighted by atomic mass is 10.5. The van der Waals surface area contributed by atoms with Crippen molar-refractivity contribution in [2.75, 3.05) is 20.6 Å². The Bertz CT molecular complexity index is 80.5. The summed E-state index contributed by atoms with van der Waals surface area (Å²) in [5.74, 6) is 0.0417. The van der Waals surface area contributed by atoms with Gasteiger partial charge in [0.05, 0.1) is 6.54 Å². The third-order valence-electron chi connectivity index (χ3n) is 0.775. The molecule has 0 saturated heterocycles. The maximum absolute atomic E-state index is 10.6. The molecule has 0 atom stereocenters. The Labute approximate surface area is 49.7 Å². The largest absolute Gasteiger partial charge is 0.348 e. The van der Waals surface area contributed by atoms with Crippen molar-refractivity contribution in [3.63, 3.8) is 0 Å². The van der Waals surface area contributed by atoms with Gasteiger partial charge in [0.15, 0.2) is 0 Å². The summed E-state index contributed by atoms with van der Waals surface area (Å²) >= 11 is 0. The van der Waals surface area contributed by atoms with Gasteiger partial charge in [-0.2, -0.15) is 0 Å². The molecule has 1 amide bonds. The molecule has 0 bridgehead atoms. The minimum absolute atomic E-state index is 0.0417. The summed E-state index contributed by atoms with van der Waals surface area (Å²) in [6.07, 6.45) is 0. The molecule has 8 heavy (non-hydrogen) atoms. The number of hydrogen-bond acceptors (Lipinski definition) is 2. The second kappa shape index (κ2) is 3.43. The number of amides is 1. The first-order chi connectivity index (χ1) is 3.68. The van der Waals surface area contributed by atoms with Crippen LogP contribution in [-0.2, 0) is 4.79 Å². The van der Waals surface area contributed by atoms with Gasteiger partial charge in [0.25, 0.3) is 0 Å². The molecule has 1 N–H and O–H groups in total. The van der Waals surface area contributed by atoms with Gasteiger partial charge in [-0.3, -0.25) is 4.79 Å². The zero-order chi connectivity index (χ0) is 6.57. The predicted octanol–water partition coefficient (Wildman–Crippen LogP) is -0.544. The van der Waals surface area contributed by atoms with Crippen molar-refractivity contribution in [2.24, 2.45) is 0 Å². The normalized spacial score (nSPS) is 8.88. The Hall–Kier alpha value is -0.570. The number of nitrogens with one attached hydrogen (secondary N) is 1. The number of nitrogens with zero attached hydrogens (tertiary/aromatic N) is 1. The van der Waals surface area contributed by atoms with E-state index in [9.17, 15) is 4.79 Å². The van der Waals surface area contributed by atoms with Gasteiger partial charge < -0.3 is 10.2 Å². The van der Waals surface area contributed by atoms with Crippen LogP contribution in [0.2, 0.25) is 0 Å². The monoisotopic (exact) mass is 115 g/mol. The number of hydrogen-bond donors (Lipinski definition) is 1. The molecule has 0 spiro atoms. The standard InChI is InChI=1S/C5H11N2O/c1-6-4-5(8)7(2)3/h6H,1,4H2,2-3H3. The molecule has 0 aromatic carbocycles. The SMILES string of the molecule is [CH2]NCC(=O)N(C)C. The summed E-state index contributed by atoms with van der Waals surface area (Å²) in [6.45, 7) is 0.312. The summed E-state index contributed by atoms with van der Waals surface area (Å²) in [6, 6.07) is 0. The van der Waals surface area contributed by atoms with Gasteiger partial charge in [-0.05, 0) is 0 Å². The number of carbonyl (C=O) groups excluding carboxylic acids is 1. The van der Waals surface area contributed by atoms with Crippen LogP contribution in [0.3, 0.4) is 0 Å². The fourth-order valence-corrected chi connectivity index (χ4v) is 0.265. The van der Waals surface area contributed by atoms with Crippen molar-refractivity contribution >= 4 is 5.91 Å². The lowest BCUT2D eigenvalue weighted by molar-refractivity contribution is -0.127. The molecule has 0 heterocycles. The second-order valence-corrected chi connectivity index (χ2v) is 1.71. The first-order valence-corrected chi connectivity index (χ1v) is 2.38. The van der Waals surface area contributed by atoms with Crippen molar-refractivity contribution in [1.82, 2.24) is 10.2 Å². The molecule has 1 radical (unpaired) electrons. The zero-order valence-electron chi connectivity index (χ0n) is 5.27. The molecule has 0 aliphatic carbocycles. The minimum atomic E-state index is 0.0417. The highest BCUT2D eigenvalue weighted by molar-refractivity contribution is 5.77. The Morgan fingerprint density at radius 2 is 2.25 bits per heavy atom.